The molecule has 20 heavy (non-hydrogen) atoms. The lowest BCUT2D eigenvalue weighted by atomic mass is 10.1. The van der Waals surface area contributed by atoms with Gasteiger partial charge >= 0.3 is 12.0 Å². The zero-order chi connectivity index (χ0) is 15.0. The van der Waals surface area contributed by atoms with E-state index in [-0.39, 0.29) is 0 Å². The van der Waals surface area contributed by atoms with Gasteiger partial charge in [-0.25, -0.2) is 9.59 Å². The number of nitrogens with one attached hydrogen (secondary N) is 2. The van der Waals surface area contributed by atoms with E-state index in [9.17, 15) is 9.59 Å². The molecule has 1 heterocycles. The molecular formula is C12H20N4O4. The maximum Gasteiger partial charge on any atom is 0.326 e. The number of carbonyl (C=O) groups is 2. The van der Waals surface area contributed by atoms with E-state index in [0.717, 1.165) is 12.8 Å². The fourth-order valence-corrected chi connectivity index (χ4v) is 1.60. The van der Waals surface area contributed by atoms with E-state index in [4.69, 9.17) is 9.63 Å². The molecule has 3 N–H and O–H groups in total. The van der Waals surface area contributed by atoms with Gasteiger partial charge < -0.3 is 20.3 Å². The minimum Gasteiger partial charge on any atom is -0.480 e. The van der Waals surface area contributed by atoms with Gasteiger partial charge in [-0.1, -0.05) is 24.9 Å². The smallest absolute Gasteiger partial charge is 0.326 e. The molecule has 0 bridgehead atoms. The fourth-order valence-electron chi connectivity index (χ4n) is 1.60. The lowest BCUT2D eigenvalue weighted by Crippen LogP contribution is -2.46. The SMILES string of the molecule is CCCC[C@H](NC(=O)NCCc1nc(C)no1)C(=O)O. The maximum atomic E-state index is 11.6. The number of carboxylic acid groups (broad SMARTS) is 1. The molecule has 0 radical (unpaired) electrons. The number of amides is 2. The second kappa shape index (κ2) is 8.13. The molecular weight excluding hydrogens is 264 g/mol. The average Bonchev–Trinajstić information content (AvgIpc) is 2.80. The summed E-state index contributed by atoms with van der Waals surface area (Å²) in [6.45, 7) is 3.97. The molecule has 0 aliphatic rings. The number of rotatable bonds is 8. The van der Waals surface area contributed by atoms with E-state index >= 15 is 0 Å². The van der Waals surface area contributed by atoms with E-state index in [2.05, 4.69) is 20.8 Å². The first-order chi connectivity index (χ1) is 9.52. The van der Waals surface area contributed by atoms with Crippen molar-refractivity contribution in [3.63, 3.8) is 0 Å². The number of nitrogens with zero attached hydrogens (tertiary/aromatic N) is 2. The van der Waals surface area contributed by atoms with Gasteiger partial charge in [-0.05, 0) is 13.3 Å². The standard InChI is InChI=1S/C12H20N4O4/c1-3-4-5-9(11(17)18)15-12(19)13-7-6-10-14-8(2)16-20-10/h9H,3-7H2,1-2H3,(H,17,18)(H2,13,15,19)/t9-/m0/s1. The summed E-state index contributed by atoms with van der Waals surface area (Å²) in [6, 6.07) is -1.37. The topological polar surface area (TPSA) is 117 Å². The normalized spacial score (nSPS) is 11.9. The summed E-state index contributed by atoms with van der Waals surface area (Å²) in [6.07, 6.45) is 2.45. The Morgan fingerprint density at radius 3 is 2.75 bits per heavy atom. The van der Waals surface area contributed by atoms with Crippen LogP contribution >= 0.6 is 0 Å². The molecule has 0 aromatic carbocycles. The molecule has 8 nitrogen and oxygen atoms in total. The lowest BCUT2D eigenvalue weighted by molar-refractivity contribution is -0.139. The van der Waals surface area contributed by atoms with Crippen LogP contribution in [0.2, 0.25) is 0 Å². The van der Waals surface area contributed by atoms with Gasteiger partial charge in [0, 0.05) is 13.0 Å². The molecule has 0 spiro atoms. The molecule has 0 unspecified atom stereocenters. The van der Waals surface area contributed by atoms with Gasteiger partial charge in [0.15, 0.2) is 5.82 Å². The molecule has 0 saturated carbocycles. The number of hydrogen-bond acceptors (Lipinski definition) is 5. The van der Waals surface area contributed by atoms with E-state index in [1.807, 2.05) is 6.92 Å². The van der Waals surface area contributed by atoms with Gasteiger partial charge in [-0.15, -0.1) is 0 Å². The molecule has 1 aromatic rings. The Balaban J connectivity index is 2.28. The van der Waals surface area contributed by atoms with Crippen molar-refractivity contribution in [1.29, 1.82) is 0 Å². The first-order valence-electron chi connectivity index (χ1n) is 6.59. The highest BCUT2D eigenvalue weighted by atomic mass is 16.5. The van der Waals surface area contributed by atoms with E-state index in [1.165, 1.54) is 0 Å². The highest BCUT2D eigenvalue weighted by molar-refractivity contribution is 5.82. The number of aryl methyl sites for hydroxylation is 1. The Morgan fingerprint density at radius 1 is 1.45 bits per heavy atom. The third-order valence-electron chi connectivity index (χ3n) is 2.64. The lowest BCUT2D eigenvalue weighted by Gasteiger charge is -2.14. The minimum atomic E-state index is -1.03. The molecule has 0 saturated heterocycles. The number of carboxylic acids is 1. The highest BCUT2D eigenvalue weighted by Crippen LogP contribution is 2.01. The molecule has 0 aliphatic heterocycles. The summed E-state index contributed by atoms with van der Waals surface area (Å²) in [5.74, 6) is -0.0559. The van der Waals surface area contributed by atoms with Gasteiger partial charge in [-0.2, -0.15) is 4.98 Å². The van der Waals surface area contributed by atoms with Gasteiger partial charge in [0.2, 0.25) is 5.89 Å². The van der Waals surface area contributed by atoms with Crippen LogP contribution in [-0.2, 0) is 11.2 Å². The Hall–Kier alpha value is -2.12. The molecule has 112 valence electrons. The van der Waals surface area contributed by atoms with Crippen LogP contribution < -0.4 is 10.6 Å². The van der Waals surface area contributed by atoms with Gasteiger partial charge in [-0.3, -0.25) is 0 Å². The predicted octanol–water partition coefficient (Wildman–Crippen LogP) is 0.863. The quantitative estimate of drug-likeness (QED) is 0.651. The van der Waals surface area contributed by atoms with Crippen LogP contribution in [0.1, 0.15) is 37.9 Å². The summed E-state index contributed by atoms with van der Waals surface area (Å²) < 4.78 is 4.89. The van der Waals surface area contributed by atoms with Gasteiger partial charge in [0.25, 0.3) is 0 Å². The van der Waals surface area contributed by atoms with Crippen molar-refractivity contribution >= 4 is 12.0 Å². The summed E-state index contributed by atoms with van der Waals surface area (Å²) in [5, 5.41) is 17.6. The average molecular weight is 284 g/mol. The van der Waals surface area contributed by atoms with E-state index < -0.39 is 18.0 Å². The van der Waals surface area contributed by atoms with Crippen molar-refractivity contribution < 1.29 is 19.2 Å². The Morgan fingerprint density at radius 2 is 2.20 bits per heavy atom. The van der Waals surface area contributed by atoms with Crippen LogP contribution in [0.5, 0.6) is 0 Å². The third-order valence-corrected chi connectivity index (χ3v) is 2.64. The molecule has 0 fully saturated rings. The molecule has 0 aliphatic carbocycles. The van der Waals surface area contributed by atoms with E-state index in [0.29, 0.717) is 31.1 Å². The first kappa shape index (κ1) is 15.9. The van der Waals surface area contributed by atoms with Crippen LogP contribution in [0, 0.1) is 6.92 Å². The summed E-state index contributed by atoms with van der Waals surface area (Å²) >= 11 is 0. The molecule has 1 rings (SSSR count). The Labute approximate surface area is 116 Å². The number of carbonyl (C=O) groups excluding carboxylic acids is 1. The van der Waals surface area contributed by atoms with Crippen molar-refractivity contribution in [2.75, 3.05) is 6.54 Å². The van der Waals surface area contributed by atoms with Gasteiger partial charge in [0.1, 0.15) is 6.04 Å². The second-order valence-corrected chi connectivity index (χ2v) is 4.42. The number of urea groups is 1. The molecule has 8 heteroatoms. The molecule has 2 amide bonds. The summed E-state index contributed by atoms with van der Waals surface area (Å²) in [4.78, 5) is 26.5. The van der Waals surface area contributed by atoms with Crippen LogP contribution in [0.4, 0.5) is 4.79 Å². The van der Waals surface area contributed by atoms with Crippen molar-refractivity contribution in [2.45, 2.75) is 45.6 Å². The number of aromatic nitrogens is 2. The Bertz CT molecular complexity index is 446. The van der Waals surface area contributed by atoms with Crippen molar-refractivity contribution in [3.05, 3.63) is 11.7 Å². The molecule has 1 aromatic heterocycles. The largest absolute Gasteiger partial charge is 0.480 e. The zero-order valence-corrected chi connectivity index (χ0v) is 11.7. The zero-order valence-electron chi connectivity index (χ0n) is 11.7. The second-order valence-electron chi connectivity index (χ2n) is 4.42. The number of aliphatic carboxylic acids is 1. The van der Waals surface area contributed by atoms with Gasteiger partial charge in [0.05, 0.1) is 0 Å². The highest BCUT2D eigenvalue weighted by Gasteiger charge is 2.18. The number of hydrogen-bond donors (Lipinski definition) is 3. The Kier molecular flexibility index (Phi) is 6.48. The van der Waals surface area contributed by atoms with E-state index in [1.54, 1.807) is 6.92 Å². The number of unbranched alkanes of at least 4 members (excludes halogenated alkanes) is 1. The predicted molar refractivity (Wildman–Crippen MR) is 70.2 cm³/mol. The minimum absolute atomic E-state index is 0.299. The van der Waals surface area contributed by atoms with Crippen LogP contribution in [0.15, 0.2) is 4.52 Å². The summed E-state index contributed by atoms with van der Waals surface area (Å²) in [5.41, 5.74) is 0. The van der Waals surface area contributed by atoms with Crippen molar-refractivity contribution in [2.24, 2.45) is 0 Å². The molecule has 1 atom stereocenters. The van der Waals surface area contributed by atoms with Crippen molar-refractivity contribution in [3.8, 4) is 0 Å². The summed E-state index contributed by atoms with van der Waals surface area (Å²) in [7, 11) is 0. The fraction of sp³-hybridized carbons (Fsp3) is 0.667. The van der Waals surface area contributed by atoms with Crippen LogP contribution in [0.3, 0.4) is 0 Å². The third kappa shape index (κ3) is 5.68. The van der Waals surface area contributed by atoms with Crippen molar-refractivity contribution in [1.82, 2.24) is 20.8 Å². The first-order valence-corrected chi connectivity index (χ1v) is 6.59. The monoisotopic (exact) mass is 284 g/mol. The van der Waals surface area contributed by atoms with Crippen LogP contribution in [0.25, 0.3) is 0 Å². The maximum absolute atomic E-state index is 11.6. The van der Waals surface area contributed by atoms with Crippen LogP contribution in [-0.4, -0.2) is 39.8 Å².